The number of benzene rings is 2. The minimum absolute atomic E-state index is 0.331. The quantitative estimate of drug-likeness (QED) is 0.625. The van der Waals surface area contributed by atoms with Crippen LogP contribution in [0.1, 0.15) is 38.3 Å². The average molecular weight is 400 g/mol. The molecule has 3 amide bonds. The first-order chi connectivity index (χ1) is 13.4. The lowest BCUT2D eigenvalue weighted by Crippen LogP contribution is -2.52. The van der Waals surface area contributed by atoms with Crippen molar-refractivity contribution >= 4 is 29.5 Å². The maximum absolute atomic E-state index is 12.5. The molecule has 0 saturated carbocycles. The molecule has 148 valence electrons. The largest absolute Gasteiger partial charge is 0.340 e. The summed E-state index contributed by atoms with van der Waals surface area (Å²) in [6.07, 6.45) is 2.38. The number of hydrogen-bond acceptors (Lipinski definition) is 4. The monoisotopic (exact) mass is 399 g/mol. The van der Waals surface area contributed by atoms with Crippen LogP contribution in [-0.4, -0.2) is 35.8 Å². The van der Waals surface area contributed by atoms with Gasteiger partial charge >= 0.3 is 0 Å². The van der Waals surface area contributed by atoms with Crippen LogP contribution in [0.3, 0.4) is 0 Å². The van der Waals surface area contributed by atoms with Gasteiger partial charge in [-0.25, -0.2) is 0 Å². The van der Waals surface area contributed by atoms with Crippen molar-refractivity contribution in [2.24, 2.45) is 0 Å². The van der Waals surface area contributed by atoms with Gasteiger partial charge in [-0.15, -0.1) is 0 Å². The van der Waals surface area contributed by atoms with Crippen LogP contribution in [0.4, 0.5) is 0 Å². The van der Waals surface area contributed by atoms with Gasteiger partial charge in [-0.1, -0.05) is 35.9 Å². The predicted molar refractivity (Wildman–Crippen MR) is 112 cm³/mol. The maximum Gasteiger partial charge on any atom is 0.269 e. The fraction of sp³-hybridized carbons (Fsp3) is 0.286. The van der Waals surface area contributed by atoms with Crippen molar-refractivity contribution in [2.45, 2.75) is 26.3 Å². The highest BCUT2D eigenvalue weighted by molar-refractivity contribution is 7.98. The fourth-order valence-electron chi connectivity index (χ4n) is 2.68. The molecule has 28 heavy (non-hydrogen) atoms. The molecule has 2 aromatic rings. The molecule has 2 rings (SSSR count). The molecule has 6 nitrogen and oxygen atoms in total. The third-order valence-electron chi connectivity index (χ3n) is 4.19. The summed E-state index contributed by atoms with van der Waals surface area (Å²) in [6, 6.07) is 13.4. The van der Waals surface area contributed by atoms with E-state index in [2.05, 4.69) is 16.2 Å². The summed E-state index contributed by atoms with van der Waals surface area (Å²) >= 11 is 1.58. The molecule has 0 bridgehead atoms. The Labute approximate surface area is 169 Å². The highest BCUT2D eigenvalue weighted by Crippen LogP contribution is 2.10. The van der Waals surface area contributed by atoms with E-state index in [0.29, 0.717) is 23.3 Å². The molecule has 0 aromatic heterocycles. The summed E-state index contributed by atoms with van der Waals surface area (Å²) in [6.45, 7) is 3.79. The molecule has 0 heterocycles. The molecular formula is C21H25N3O3S. The second kappa shape index (κ2) is 10.5. The Kier molecular flexibility index (Phi) is 8.07. The lowest BCUT2D eigenvalue weighted by atomic mass is 10.1. The number of aryl methyl sites for hydroxylation is 2. The van der Waals surface area contributed by atoms with E-state index in [1.165, 1.54) is 0 Å². The Morgan fingerprint density at radius 2 is 1.68 bits per heavy atom. The van der Waals surface area contributed by atoms with Gasteiger partial charge in [0.15, 0.2) is 0 Å². The first-order valence-electron chi connectivity index (χ1n) is 8.94. The SMILES string of the molecule is CSCC[C@H](NC(=O)c1ccccc1)C(=O)NNC(=O)c1ccc(C)cc1C. The van der Waals surface area contributed by atoms with E-state index in [1.54, 1.807) is 42.1 Å². The summed E-state index contributed by atoms with van der Waals surface area (Å²) in [5.74, 6) is -0.499. The average Bonchev–Trinajstić information content (AvgIpc) is 2.69. The smallest absolute Gasteiger partial charge is 0.269 e. The van der Waals surface area contributed by atoms with Crippen molar-refractivity contribution in [2.75, 3.05) is 12.0 Å². The van der Waals surface area contributed by atoms with E-state index in [4.69, 9.17) is 0 Å². The zero-order valence-corrected chi connectivity index (χ0v) is 17.1. The number of hydrogen-bond donors (Lipinski definition) is 3. The van der Waals surface area contributed by atoms with Gasteiger partial charge in [0.1, 0.15) is 6.04 Å². The first kappa shape index (κ1) is 21.5. The van der Waals surface area contributed by atoms with Crippen LogP contribution in [0, 0.1) is 13.8 Å². The van der Waals surface area contributed by atoms with Gasteiger partial charge in [-0.3, -0.25) is 25.2 Å². The zero-order chi connectivity index (χ0) is 20.5. The van der Waals surface area contributed by atoms with Crippen LogP contribution in [0.25, 0.3) is 0 Å². The van der Waals surface area contributed by atoms with Gasteiger partial charge in [0.25, 0.3) is 17.7 Å². The van der Waals surface area contributed by atoms with Crippen molar-refractivity contribution in [1.82, 2.24) is 16.2 Å². The minimum Gasteiger partial charge on any atom is -0.340 e. The second-order valence-electron chi connectivity index (χ2n) is 6.44. The van der Waals surface area contributed by atoms with E-state index in [-0.39, 0.29) is 5.91 Å². The summed E-state index contributed by atoms with van der Waals surface area (Å²) in [7, 11) is 0. The van der Waals surface area contributed by atoms with Gasteiger partial charge in [-0.05, 0) is 56.0 Å². The van der Waals surface area contributed by atoms with Gasteiger partial charge in [0.2, 0.25) is 0 Å². The number of amides is 3. The number of carbonyl (C=O) groups excluding carboxylic acids is 3. The predicted octanol–water partition coefficient (Wildman–Crippen LogP) is 2.62. The maximum atomic E-state index is 12.5. The van der Waals surface area contributed by atoms with E-state index >= 15 is 0 Å². The Bertz CT molecular complexity index is 840. The van der Waals surface area contributed by atoms with Crippen LogP contribution in [0.15, 0.2) is 48.5 Å². The molecule has 0 fully saturated rings. The molecule has 0 saturated heterocycles. The Morgan fingerprint density at radius 3 is 2.32 bits per heavy atom. The van der Waals surface area contributed by atoms with Gasteiger partial charge in [0, 0.05) is 11.1 Å². The molecule has 0 spiro atoms. The van der Waals surface area contributed by atoms with E-state index in [9.17, 15) is 14.4 Å². The zero-order valence-electron chi connectivity index (χ0n) is 16.2. The lowest BCUT2D eigenvalue weighted by molar-refractivity contribution is -0.123. The van der Waals surface area contributed by atoms with Crippen molar-refractivity contribution in [3.63, 3.8) is 0 Å². The second-order valence-corrected chi connectivity index (χ2v) is 7.42. The summed E-state index contributed by atoms with van der Waals surface area (Å²) in [5, 5.41) is 2.73. The van der Waals surface area contributed by atoms with Crippen LogP contribution >= 0.6 is 11.8 Å². The highest BCUT2D eigenvalue weighted by Gasteiger charge is 2.22. The van der Waals surface area contributed by atoms with Gasteiger partial charge in [-0.2, -0.15) is 11.8 Å². The third kappa shape index (κ3) is 6.13. The normalized spacial score (nSPS) is 11.4. The minimum atomic E-state index is -0.750. The Balaban J connectivity index is 2.00. The third-order valence-corrected chi connectivity index (χ3v) is 4.84. The molecule has 0 aliphatic rings. The van der Waals surface area contributed by atoms with Crippen LogP contribution in [0.2, 0.25) is 0 Å². The number of carbonyl (C=O) groups is 3. The van der Waals surface area contributed by atoms with E-state index in [1.807, 2.05) is 38.3 Å². The molecule has 0 aliphatic carbocycles. The number of hydrazine groups is 1. The van der Waals surface area contributed by atoms with E-state index in [0.717, 1.165) is 11.1 Å². The number of rotatable bonds is 7. The van der Waals surface area contributed by atoms with Crippen molar-refractivity contribution in [3.05, 3.63) is 70.8 Å². The molecule has 0 aliphatic heterocycles. The number of nitrogens with one attached hydrogen (secondary N) is 3. The Hall–Kier alpha value is -2.80. The van der Waals surface area contributed by atoms with Crippen LogP contribution in [0.5, 0.6) is 0 Å². The summed E-state index contributed by atoms with van der Waals surface area (Å²) in [4.78, 5) is 37.3. The molecule has 3 N–H and O–H groups in total. The van der Waals surface area contributed by atoms with Crippen molar-refractivity contribution < 1.29 is 14.4 Å². The van der Waals surface area contributed by atoms with Crippen LogP contribution < -0.4 is 16.2 Å². The van der Waals surface area contributed by atoms with Crippen LogP contribution in [-0.2, 0) is 4.79 Å². The number of thioether (sulfide) groups is 1. The van der Waals surface area contributed by atoms with Crippen molar-refractivity contribution in [1.29, 1.82) is 0 Å². The molecular weight excluding hydrogens is 374 g/mol. The van der Waals surface area contributed by atoms with E-state index < -0.39 is 17.9 Å². The summed E-state index contributed by atoms with van der Waals surface area (Å²) in [5.41, 5.74) is 7.70. The van der Waals surface area contributed by atoms with Gasteiger partial charge < -0.3 is 5.32 Å². The molecule has 7 heteroatoms. The first-order valence-corrected chi connectivity index (χ1v) is 10.3. The lowest BCUT2D eigenvalue weighted by Gasteiger charge is -2.19. The molecule has 0 radical (unpaired) electrons. The standard InChI is InChI=1S/C21H25N3O3S/c1-14-9-10-17(15(2)13-14)20(26)23-24-21(27)18(11-12-28-3)22-19(25)16-7-5-4-6-8-16/h4-10,13,18H,11-12H2,1-3H3,(H,22,25)(H,23,26)(H,24,27)/t18-/m0/s1. The topological polar surface area (TPSA) is 87.3 Å². The van der Waals surface area contributed by atoms with Gasteiger partial charge in [0.05, 0.1) is 0 Å². The Morgan fingerprint density at radius 1 is 0.964 bits per heavy atom. The molecule has 1 atom stereocenters. The fourth-order valence-corrected chi connectivity index (χ4v) is 3.15. The highest BCUT2D eigenvalue weighted by atomic mass is 32.2. The van der Waals surface area contributed by atoms with Crippen molar-refractivity contribution in [3.8, 4) is 0 Å². The molecule has 0 unspecified atom stereocenters. The summed E-state index contributed by atoms with van der Waals surface area (Å²) < 4.78 is 0. The molecule has 2 aromatic carbocycles.